The van der Waals surface area contributed by atoms with E-state index in [9.17, 15) is 0 Å². The third-order valence-corrected chi connectivity index (χ3v) is 3.38. The number of nitrogens with one attached hydrogen (secondary N) is 1. The Morgan fingerprint density at radius 3 is 3.19 bits per heavy atom. The molecule has 0 radical (unpaired) electrons. The molecule has 3 nitrogen and oxygen atoms in total. The van der Waals surface area contributed by atoms with E-state index in [1.54, 1.807) is 0 Å². The van der Waals surface area contributed by atoms with Crippen molar-refractivity contribution in [2.45, 2.75) is 19.4 Å². The fourth-order valence-electron chi connectivity index (χ4n) is 2.50. The van der Waals surface area contributed by atoms with E-state index in [2.05, 4.69) is 39.4 Å². The van der Waals surface area contributed by atoms with Gasteiger partial charge in [-0.15, -0.1) is 0 Å². The number of hydrogen-bond acceptors (Lipinski definition) is 2. The minimum absolute atomic E-state index is 0.733. The molecule has 0 aliphatic carbocycles. The first kappa shape index (κ1) is 9.85. The highest BCUT2D eigenvalue weighted by atomic mass is 15.3. The summed E-state index contributed by atoms with van der Waals surface area (Å²) in [5, 5.41) is 9.17. The van der Waals surface area contributed by atoms with Crippen molar-refractivity contribution in [3.05, 3.63) is 30.5 Å². The van der Waals surface area contributed by atoms with Crippen molar-refractivity contribution in [2.75, 3.05) is 13.1 Å². The molecule has 0 amide bonds. The van der Waals surface area contributed by atoms with Gasteiger partial charge in [-0.1, -0.05) is 18.2 Å². The molecule has 0 bridgehead atoms. The van der Waals surface area contributed by atoms with Crippen LogP contribution in [0.2, 0.25) is 0 Å². The van der Waals surface area contributed by atoms with Crippen molar-refractivity contribution >= 4 is 10.9 Å². The number of para-hydroxylation sites is 1. The lowest BCUT2D eigenvalue weighted by Gasteiger charge is -2.22. The summed E-state index contributed by atoms with van der Waals surface area (Å²) in [6, 6.07) is 8.42. The van der Waals surface area contributed by atoms with Crippen LogP contribution >= 0.6 is 0 Å². The van der Waals surface area contributed by atoms with Gasteiger partial charge in [-0.2, -0.15) is 5.10 Å². The molecule has 1 aliphatic heterocycles. The molecule has 2 heterocycles. The Morgan fingerprint density at radius 2 is 2.31 bits per heavy atom. The van der Waals surface area contributed by atoms with Crippen molar-refractivity contribution in [1.29, 1.82) is 0 Å². The zero-order valence-corrected chi connectivity index (χ0v) is 9.39. The molecular formula is C13H17N3. The van der Waals surface area contributed by atoms with E-state index < -0.39 is 0 Å². The summed E-state index contributed by atoms with van der Waals surface area (Å²) in [7, 11) is 0. The largest absolute Gasteiger partial charge is 0.316 e. The van der Waals surface area contributed by atoms with Crippen LogP contribution in [0.4, 0.5) is 0 Å². The van der Waals surface area contributed by atoms with Gasteiger partial charge in [0.05, 0.1) is 11.7 Å². The van der Waals surface area contributed by atoms with Crippen LogP contribution in [0.25, 0.3) is 10.9 Å². The van der Waals surface area contributed by atoms with Crippen molar-refractivity contribution in [3.8, 4) is 0 Å². The van der Waals surface area contributed by atoms with Gasteiger partial charge in [0.2, 0.25) is 0 Å². The molecule has 1 fully saturated rings. The van der Waals surface area contributed by atoms with E-state index >= 15 is 0 Å². The number of fused-ring (bicyclic) bond motifs is 1. The summed E-state index contributed by atoms with van der Waals surface area (Å²) in [6.45, 7) is 3.35. The van der Waals surface area contributed by atoms with Gasteiger partial charge in [0.15, 0.2) is 0 Å². The van der Waals surface area contributed by atoms with Crippen molar-refractivity contribution in [2.24, 2.45) is 5.92 Å². The number of piperidine rings is 1. The first-order chi connectivity index (χ1) is 7.93. The van der Waals surface area contributed by atoms with Crippen LogP contribution in [0.5, 0.6) is 0 Å². The minimum atomic E-state index is 0.733. The summed E-state index contributed by atoms with van der Waals surface area (Å²) in [6.07, 6.45) is 4.58. The maximum atomic E-state index is 4.48. The second kappa shape index (κ2) is 4.26. The van der Waals surface area contributed by atoms with Gasteiger partial charge < -0.3 is 5.32 Å². The third-order valence-electron chi connectivity index (χ3n) is 3.38. The highest BCUT2D eigenvalue weighted by molar-refractivity contribution is 5.78. The van der Waals surface area contributed by atoms with Crippen LogP contribution in [-0.4, -0.2) is 22.9 Å². The molecule has 2 aromatic rings. The van der Waals surface area contributed by atoms with Gasteiger partial charge in [0.25, 0.3) is 0 Å². The first-order valence-corrected chi connectivity index (χ1v) is 6.05. The SMILES string of the molecule is c1ccc2c(c1)cnn2C[C@@H]1CCCNC1. The highest BCUT2D eigenvalue weighted by Gasteiger charge is 2.14. The predicted octanol–water partition coefficient (Wildman–Crippen LogP) is 2.04. The van der Waals surface area contributed by atoms with Gasteiger partial charge in [0.1, 0.15) is 0 Å². The Hall–Kier alpha value is -1.35. The topological polar surface area (TPSA) is 29.9 Å². The fraction of sp³-hybridized carbons (Fsp3) is 0.462. The summed E-state index contributed by atoms with van der Waals surface area (Å²) in [5.41, 5.74) is 1.26. The second-order valence-corrected chi connectivity index (χ2v) is 4.60. The predicted molar refractivity (Wildman–Crippen MR) is 65.3 cm³/mol. The third kappa shape index (κ3) is 1.83. The van der Waals surface area contributed by atoms with Gasteiger partial charge in [-0.3, -0.25) is 4.68 Å². The van der Waals surface area contributed by atoms with E-state index in [-0.39, 0.29) is 0 Å². The number of hydrogen-bond donors (Lipinski definition) is 1. The normalized spacial score (nSPS) is 21.4. The van der Waals surface area contributed by atoms with E-state index in [0.29, 0.717) is 0 Å². The van der Waals surface area contributed by atoms with E-state index in [0.717, 1.165) is 19.0 Å². The summed E-state index contributed by atoms with van der Waals surface area (Å²) >= 11 is 0. The lowest BCUT2D eigenvalue weighted by molar-refractivity contribution is 0.329. The molecule has 0 saturated carbocycles. The van der Waals surface area contributed by atoms with Crippen LogP contribution < -0.4 is 5.32 Å². The zero-order chi connectivity index (χ0) is 10.8. The molecule has 3 rings (SSSR count). The smallest absolute Gasteiger partial charge is 0.0682 e. The molecule has 1 N–H and O–H groups in total. The maximum Gasteiger partial charge on any atom is 0.0682 e. The molecule has 1 aromatic carbocycles. The molecule has 1 aromatic heterocycles. The molecule has 84 valence electrons. The van der Waals surface area contributed by atoms with Crippen LogP contribution in [0.1, 0.15) is 12.8 Å². The maximum absolute atomic E-state index is 4.48. The number of nitrogens with zero attached hydrogens (tertiary/aromatic N) is 2. The summed E-state index contributed by atoms with van der Waals surface area (Å²) < 4.78 is 2.15. The standard InChI is InChI=1S/C13H17N3/c1-2-6-13-12(5-1)9-15-16(13)10-11-4-3-7-14-8-11/h1-2,5-6,9,11,14H,3-4,7-8,10H2/t11-/m1/s1. The monoisotopic (exact) mass is 215 g/mol. The second-order valence-electron chi connectivity index (χ2n) is 4.60. The van der Waals surface area contributed by atoms with Crippen molar-refractivity contribution in [3.63, 3.8) is 0 Å². The fourth-order valence-corrected chi connectivity index (χ4v) is 2.50. The average Bonchev–Trinajstić information content (AvgIpc) is 2.74. The van der Waals surface area contributed by atoms with Crippen LogP contribution in [-0.2, 0) is 6.54 Å². The summed E-state index contributed by atoms with van der Waals surface area (Å²) in [4.78, 5) is 0. The van der Waals surface area contributed by atoms with Crippen LogP contribution in [0, 0.1) is 5.92 Å². The molecule has 16 heavy (non-hydrogen) atoms. The molecule has 3 heteroatoms. The molecule has 1 saturated heterocycles. The Labute approximate surface area is 95.5 Å². The Kier molecular flexibility index (Phi) is 2.62. The van der Waals surface area contributed by atoms with Gasteiger partial charge in [-0.25, -0.2) is 0 Å². The lowest BCUT2D eigenvalue weighted by Crippen LogP contribution is -2.32. The van der Waals surface area contributed by atoms with Gasteiger partial charge in [0, 0.05) is 11.9 Å². The first-order valence-electron chi connectivity index (χ1n) is 6.05. The Morgan fingerprint density at radius 1 is 1.38 bits per heavy atom. The lowest BCUT2D eigenvalue weighted by atomic mass is 10.00. The zero-order valence-electron chi connectivity index (χ0n) is 9.39. The van der Waals surface area contributed by atoms with Crippen LogP contribution in [0.15, 0.2) is 30.5 Å². The van der Waals surface area contributed by atoms with E-state index in [4.69, 9.17) is 0 Å². The van der Waals surface area contributed by atoms with Gasteiger partial charge in [-0.05, 0) is 37.9 Å². The molecular weight excluding hydrogens is 198 g/mol. The molecule has 0 unspecified atom stereocenters. The van der Waals surface area contributed by atoms with Gasteiger partial charge >= 0.3 is 0 Å². The van der Waals surface area contributed by atoms with Crippen molar-refractivity contribution in [1.82, 2.24) is 15.1 Å². The molecule has 0 spiro atoms. The van der Waals surface area contributed by atoms with Crippen LogP contribution in [0.3, 0.4) is 0 Å². The number of benzene rings is 1. The average molecular weight is 215 g/mol. The molecule has 1 atom stereocenters. The number of aromatic nitrogens is 2. The van der Waals surface area contributed by atoms with Crippen molar-refractivity contribution < 1.29 is 0 Å². The summed E-state index contributed by atoms with van der Waals surface area (Å²) in [5.74, 6) is 0.733. The molecule has 1 aliphatic rings. The minimum Gasteiger partial charge on any atom is -0.316 e. The quantitative estimate of drug-likeness (QED) is 0.830. The number of rotatable bonds is 2. The van der Waals surface area contributed by atoms with E-state index in [1.165, 1.54) is 30.3 Å². The van der Waals surface area contributed by atoms with E-state index in [1.807, 2.05) is 6.20 Å². The highest BCUT2D eigenvalue weighted by Crippen LogP contribution is 2.17. The Balaban J connectivity index is 1.83. The Bertz CT molecular complexity index is 469.